The molecule has 0 N–H and O–H groups in total. The van der Waals surface area contributed by atoms with Crippen molar-refractivity contribution >= 4 is 50.7 Å². The molecule has 3 heterocycles. The van der Waals surface area contributed by atoms with Crippen molar-refractivity contribution in [3.05, 3.63) is 93.2 Å². The van der Waals surface area contributed by atoms with Gasteiger partial charge in [-0.1, -0.05) is 29.8 Å². The first kappa shape index (κ1) is 20.0. The van der Waals surface area contributed by atoms with Crippen LogP contribution in [0.5, 0.6) is 0 Å². The molecule has 32 heavy (non-hydrogen) atoms. The lowest BCUT2D eigenvalue weighted by Gasteiger charge is -2.06. The van der Waals surface area contributed by atoms with Gasteiger partial charge in [0.05, 0.1) is 28.9 Å². The Hall–Kier alpha value is -3.97. The molecule has 158 valence electrons. The molecule has 0 aliphatic carbocycles. The van der Waals surface area contributed by atoms with E-state index in [0.29, 0.717) is 32.4 Å². The second kappa shape index (κ2) is 7.62. The lowest BCUT2D eigenvalue weighted by atomic mass is 10.1. The zero-order chi connectivity index (χ0) is 22.4. The van der Waals surface area contributed by atoms with E-state index in [0.717, 1.165) is 0 Å². The average Bonchev–Trinajstić information content (AvgIpc) is 3.18. The van der Waals surface area contributed by atoms with Crippen LogP contribution in [0.3, 0.4) is 0 Å². The number of aromatic nitrogens is 2. The van der Waals surface area contributed by atoms with Gasteiger partial charge in [0.15, 0.2) is 0 Å². The number of fused-ring (bicyclic) bond motifs is 4. The first-order valence-electron chi connectivity index (χ1n) is 9.82. The van der Waals surface area contributed by atoms with Gasteiger partial charge >= 0.3 is 11.6 Å². The van der Waals surface area contributed by atoms with E-state index in [4.69, 9.17) is 20.8 Å². The van der Waals surface area contributed by atoms with Crippen molar-refractivity contribution < 1.29 is 18.7 Å². The Kier molecular flexibility index (Phi) is 4.75. The molecule has 0 unspecified atom stereocenters. The summed E-state index contributed by atoms with van der Waals surface area (Å²) in [6.45, 7) is 1.87. The van der Waals surface area contributed by atoms with Crippen molar-refractivity contribution in [2.24, 2.45) is 0 Å². The highest BCUT2D eigenvalue weighted by Gasteiger charge is 2.25. The summed E-state index contributed by atoms with van der Waals surface area (Å²) in [5.41, 5.74) is 0.754. The van der Waals surface area contributed by atoms with Gasteiger partial charge in [-0.3, -0.25) is 9.20 Å². The molecule has 0 saturated carbocycles. The van der Waals surface area contributed by atoms with E-state index in [9.17, 15) is 14.4 Å². The zero-order valence-electron chi connectivity index (χ0n) is 16.8. The van der Waals surface area contributed by atoms with Gasteiger partial charge in [0, 0.05) is 15.8 Å². The number of hydrogen-bond acceptors (Lipinski definition) is 6. The molecule has 7 nitrogen and oxygen atoms in total. The van der Waals surface area contributed by atoms with Crippen LogP contribution in [0.2, 0.25) is 5.02 Å². The molecule has 2 aromatic carbocycles. The topological polar surface area (TPSA) is 90.9 Å². The van der Waals surface area contributed by atoms with Gasteiger partial charge in [-0.2, -0.15) is 0 Å². The quantitative estimate of drug-likeness (QED) is 0.226. The normalized spacial score (nSPS) is 11.3. The summed E-state index contributed by atoms with van der Waals surface area (Å²) < 4.78 is 12.0. The van der Waals surface area contributed by atoms with E-state index in [2.05, 4.69) is 4.98 Å². The summed E-state index contributed by atoms with van der Waals surface area (Å²) in [4.78, 5) is 43.1. The van der Waals surface area contributed by atoms with Gasteiger partial charge in [-0.05, 0) is 43.3 Å². The predicted octanol–water partition coefficient (Wildman–Crippen LogP) is 4.66. The molecule has 0 fully saturated rings. The van der Waals surface area contributed by atoms with Gasteiger partial charge < -0.3 is 9.15 Å². The van der Waals surface area contributed by atoms with E-state index in [-0.39, 0.29) is 23.4 Å². The van der Waals surface area contributed by atoms with Crippen LogP contribution >= 0.6 is 11.6 Å². The van der Waals surface area contributed by atoms with Gasteiger partial charge in [0.25, 0.3) is 0 Å². The molecule has 0 spiro atoms. The highest BCUT2D eigenvalue weighted by Crippen LogP contribution is 2.28. The number of ether oxygens (including phenoxy) is 1. The Labute approximate surface area is 185 Å². The minimum atomic E-state index is -0.762. The molecule has 0 aliphatic heterocycles. The monoisotopic (exact) mass is 446 g/mol. The van der Waals surface area contributed by atoms with Crippen molar-refractivity contribution in [1.29, 1.82) is 0 Å². The summed E-state index contributed by atoms with van der Waals surface area (Å²) in [7, 11) is 0. The molecular formula is C24H15ClN2O5. The van der Waals surface area contributed by atoms with Gasteiger partial charge in [0.2, 0.25) is 5.78 Å². The maximum Gasteiger partial charge on any atom is 0.347 e. The van der Waals surface area contributed by atoms with Crippen molar-refractivity contribution in [3.8, 4) is 0 Å². The summed E-state index contributed by atoms with van der Waals surface area (Å²) in [5, 5.41) is 1.72. The van der Waals surface area contributed by atoms with E-state index in [1.807, 2.05) is 0 Å². The molecule has 5 aromatic rings. The molecule has 3 aromatic heterocycles. The number of carbonyl (C=O) groups is 2. The Morgan fingerprint density at radius 1 is 1.09 bits per heavy atom. The molecule has 0 amide bonds. The molecule has 0 atom stereocenters. The SMILES string of the molecule is CCOC(=O)c1cc(C(=O)c2cc3ccccc3oc2=O)n2cnc3cc(Cl)ccc3c12. The molecule has 0 aliphatic rings. The third-order valence-electron chi connectivity index (χ3n) is 5.18. The van der Waals surface area contributed by atoms with Crippen LogP contribution < -0.4 is 5.63 Å². The third-order valence-corrected chi connectivity index (χ3v) is 5.41. The Morgan fingerprint density at radius 2 is 1.91 bits per heavy atom. The van der Waals surface area contributed by atoms with Gasteiger partial charge in [-0.25, -0.2) is 14.6 Å². The van der Waals surface area contributed by atoms with Crippen LogP contribution in [0.4, 0.5) is 0 Å². The largest absolute Gasteiger partial charge is 0.462 e. The number of carbonyl (C=O) groups excluding carboxylic acids is 2. The highest BCUT2D eigenvalue weighted by atomic mass is 35.5. The number of nitrogens with zero attached hydrogens (tertiary/aromatic N) is 2. The summed E-state index contributed by atoms with van der Waals surface area (Å²) in [6, 6.07) is 14.9. The summed E-state index contributed by atoms with van der Waals surface area (Å²) in [6.07, 6.45) is 1.42. The number of benzene rings is 2. The number of para-hydroxylation sites is 1. The molecular weight excluding hydrogens is 432 g/mol. The lowest BCUT2D eigenvalue weighted by Crippen LogP contribution is -2.16. The fourth-order valence-corrected chi connectivity index (χ4v) is 3.92. The fraction of sp³-hybridized carbons (Fsp3) is 0.0833. The average molecular weight is 447 g/mol. The van der Waals surface area contributed by atoms with Crippen molar-refractivity contribution in [1.82, 2.24) is 9.38 Å². The van der Waals surface area contributed by atoms with E-state index < -0.39 is 17.4 Å². The van der Waals surface area contributed by atoms with Crippen molar-refractivity contribution in [2.45, 2.75) is 6.92 Å². The number of halogens is 1. The molecule has 0 radical (unpaired) electrons. The second-order valence-corrected chi connectivity index (χ2v) is 7.54. The van der Waals surface area contributed by atoms with E-state index >= 15 is 0 Å². The molecule has 0 bridgehead atoms. The molecule has 8 heteroatoms. The number of rotatable bonds is 4. The van der Waals surface area contributed by atoms with Crippen molar-refractivity contribution in [2.75, 3.05) is 6.61 Å². The van der Waals surface area contributed by atoms with E-state index in [1.54, 1.807) is 49.4 Å². The summed E-state index contributed by atoms with van der Waals surface area (Å²) >= 11 is 6.09. The van der Waals surface area contributed by atoms with Crippen LogP contribution in [0, 0.1) is 0 Å². The first-order chi connectivity index (χ1) is 15.5. The van der Waals surface area contributed by atoms with Crippen LogP contribution in [-0.2, 0) is 4.74 Å². The minimum Gasteiger partial charge on any atom is -0.462 e. The molecule has 0 saturated heterocycles. The summed E-state index contributed by atoms with van der Waals surface area (Å²) in [5.74, 6) is -1.18. The number of esters is 1. The van der Waals surface area contributed by atoms with Crippen molar-refractivity contribution in [3.63, 3.8) is 0 Å². The van der Waals surface area contributed by atoms with Crippen LogP contribution in [0.1, 0.15) is 33.3 Å². The van der Waals surface area contributed by atoms with Gasteiger partial charge in [-0.15, -0.1) is 0 Å². The zero-order valence-corrected chi connectivity index (χ0v) is 17.6. The minimum absolute atomic E-state index is 0.0926. The fourth-order valence-electron chi connectivity index (χ4n) is 3.75. The second-order valence-electron chi connectivity index (χ2n) is 7.10. The van der Waals surface area contributed by atoms with Crippen LogP contribution in [-0.4, -0.2) is 27.7 Å². The van der Waals surface area contributed by atoms with Crippen LogP contribution in [0.15, 0.2) is 70.1 Å². The predicted molar refractivity (Wildman–Crippen MR) is 120 cm³/mol. The molecule has 5 rings (SSSR count). The first-order valence-corrected chi connectivity index (χ1v) is 10.2. The highest BCUT2D eigenvalue weighted by molar-refractivity contribution is 6.31. The smallest absolute Gasteiger partial charge is 0.347 e. The number of hydrogen-bond donors (Lipinski definition) is 0. The Morgan fingerprint density at radius 3 is 2.72 bits per heavy atom. The Balaban J connectivity index is 1.78. The number of ketones is 1. The maximum absolute atomic E-state index is 13.4. The standard InChI is InChI=1S/C24H15ClN2O5/c1-2-31-23(29)16-11-19(27-12-26-18-10-14(25)7-8-15(18)21(16)27)22(28)17-9-13-5-3-4-6-20(13)32-24(17)30/h3-12H,2H2,1H3. The van der Waals surface area contributed by atoms with Gasteiger partial charge in [0.1, 0.15) is 17.5 Å². The third kappa shape index (κ3) is 3.14. The van der Waals surface area contributed by atoms with Crippen LogP contribution in [0.25, 0.3) is 27.4 Å². The van der Waals surface area contributed by atoms with E-state index in [1.165, 1.54) is 22.9 Å². The maximum atomic E-state index is 13.4. The Bertz CT molecular complexity index is 1620. The lowest BCUT2D eigenvalue weighted by molar-refractivity contribution is 0.0529.